The minimum Gasteiger partial charge on any atom is -0.459 e. The lowest BCUT2D eigenvalue weighted by Crippen LogP contribution is -2.35. The van der Waals surface area contributed by atoms with Gasteiger partial charge in [-0.25, -0.2) is 13.6 Å². The van der Waals surface area contributed by atoms with E-state index in [2.05, 4.69) is 5.32 Å². The smallest absolute Gasteiger partial charge is 0.336 e. The molecular formula is C21H25F2NO3. The normalized spacial score (nSPS) is 22.0. The standard InChI is InChI=1S/C21H25F2NO3/c1-13-20(21(26)27-15-7-5-3-2-4-6-8-15)17(12-19(25)24-13)16-10-9-14(22)11-18(16)23/h9-11,15,17H,2-8,12H2,1H3,(H,24,25)/t17-/m1/s1. The van der Waals surface area contributed by atoms with Crippen LogP contribution in [0.15, 0.2) is 29.5 Å². The summed E-state index contributed by atoms with van der Waals surface area (Å²) in [5.74, 6) is -3.06. The van der Waals surface area contributed by atoms with Gasteiger partial charge in [0.15, 0.2) is 0 Å². The van der Waals surface area contributed by atoms with Gasteiger partial charge in [0.2, 0.25) is 5.91 Å². The molecule has 0 spiro atoms. The second kappa shape index (κ2) is 8.63. The lowest BCUT2D eigenvalue weighted by Gasteiger charge is -2.28. The Balaban J connectivity index is 1.85. The first-order chi connectivity index (χ1) is 13.0. The molecule has 1 aromatic rings. The van der Waals surface area contributed by atoms with Crippen molar-refractivity contribution in [2.24, 2.45) is 0 Å². The number of amides is 1. The predicted molar refractivity (Wildman–Crippen MR) is 96.8 cm³/mol. The first-order valence-electron chi connectivity index (χ1n) is 9.62. The third-order valence-electron chi connectivity index (χ3n) is 5.35. The number of esters is 1. The minimum absolute atomic E-state index is 0.0744. The number of hydrogen-bond donors (Lipinski definition) is 1. The topological polar surface area (TPSA) is 55.4 Å². The van der Waals surface area contributed by atoms with Gasteiger partial charge in [0.1, 0.15) is 17.7 Å². The van der Waals surface area contributed by atoms with E-state index in [1.54, 1.807) is 6.92 Å². The highest BCUT2D eigenvalue weighted by Crippen LogP contribution is 2.35. The zero-order valence-corrected chi connectivity index (χ0v) is 15.5. The van der Waals surface area contributed by atoms with Crippen LogP contribution in [0.3, 0.4) is 0 Å². The molecule has 6 heteroatoms. The Kier molecular flexibility index (Phi) is 6.24. The number of halogens is 2. The lowest BCUT2D eigenvalue weighted by atomic mass is 9.84. The largest absolute Gasteiger partial charge is 0.459 e. The van der Waals surface area contributed by atoms with E-state index in [1.807, 2.05) is 0 Å². The molecule has 0 aromatic heterocycles. The zero-order valence-electron chi connectivity index (χ0n) is 15.5. The number of benzene rings is 1. The second-order valence-corrected chi connectivity index (χ2v) is 7.38. The van der Waals surface area contributed by atoms with E-state index in [-0.39, 0.29) is 29.6 Å². The highest BCUT2D eigenvalue weighted by molar-refractivity contribution is 5.95. The predicted octanol–water partition coefficient (Wildman–Crippen LogP) is 4.50. The van der Waals surface area contributed by atoms with Crippen LogP contribution in [0.4, 0.5) is 8.78 Å². The fourth-order valence-corrected chi connectivity index (χ4v) is 3.97. The van der Waals surface area contributed by atoms with Crippen molar-refractivity contribution in [3.05, 3.63) is 46.7 Å². The summed E-state index contributed by atoms with van der Waals surface area (Å²) in [6.45, 7) is 1.61. The molecule has 1 fully saturated rings. The lowest BCUT2D eigenvalue weighted by molar-refractivity contribution is -0.145. The first-order valence-corrected chi connectivity index (χ1v) is 9.62. The van der Waals surface area contributed by atoms with Crippen LogP contribution in [-0.2, 0) is 14.3 Å². The van der Waals surface area contributed by atoms with Crippen LogP contribution in [0.25, 0.3) is 0 Å². The van der Waals surface area contributed by atoms with Crippen molar-refractivity contribution in [2.45, 2.75) is 70.3 Å². The molecule has 146 valence electrons. The molecule has 0 saturated heterocycles. The molecular weight excluding hydrogens is 352 g/mol. The van der Waals surface area contributed by atoms with Gasteiger partial charge in [-0.1, -0.05) is 25.3 Å². The molecule has 3 rings (SSSR count). The van der Waals surface area contributed by atoms with E-state index in [1.165, 1.54) is 12.5 Å². The van der Waals surface area contributed by atoms with Gasteiger partial charge >= 0.3 is 5.97 Å². The molecule has 0 bridgehead atoms. The summed E-state index contributed by atoms with van der Waals surface area (Å²) < 4.78 is 33.4. The van der Waals surface area contributed by atoms with E-state index >= 15 is 0 Å². The molecule has 1 aliphatic heterocycles. The summed E-state index contributed by atoms with van der Waals surface area (Å²) in [5.41, 5.74) is 0.758. The van der Waals surface area contributed by atoms with E-state index in [9.17, 15) is 18.4 Å². The highest BCUT2D eigenvalue weighted by Gasteiger charge is 2.35. The molecule has 0 radical (unpaired) electrons. The quantitative estimate of drug-likeness (QED) is 0.789. The van der Waals surface area contributed by atoms with Crippen LogP contribution in [0.5, 0.6) is 0 Å². The summed E-state index contributed by atoms with van der Waals surface area (Å²) in [4.78, 5) is 24.9. The van der Waals surface area contributed by atoms with Crippen LogP contribution < -0.4 is 5.32 Å². The number of hydrogen-bond acceptors (Lipinski definition) is 3. The summed E-state index contributed by atoms with van der Waals surface area (Å²) in [7, 11) is 0. The van der Waals surface area contributed by atoms with Crippen molar-refractivity contribution in [1.82, 2.24) is 5.32 Å². The Morgan fingerprint density at radius 3 is 2.44 bits per heavy atom. The molecule has 1 aromatic carbocycles. The fourth-order valence-electron chi connectivity index (χ4n) is 3.97. The summed E-state index contributed by atoms with van der Waals surface area (Å²) >= 11 is 0. The molecule has 1 aliphatic carbocycles. The maximum atomic E-state index is 14.3. The minimum atomic E-state index is -0.777. The van der Waals surface area contributed by atoms with Gasteiger partial charge in [0.05, 0.1) is 5.57 Å². The van der Waals surface area contributed by atoms with Crippen LogP contribution >= 0.6 is 0 Å². The van der Waals surface area contributed by atoms with Gasteiger partial charge in [0, 0.05) is 24.1 Å². The Morgan fingerprint density at radius 1 is 1.11 bits per heavy atom. The SMILES string of the molecule is CC1=C(C(=O)OC2CCCCCCC2)[C@@H](c2ccc(F)cc2F)CC(=O)N1. The monoisotopic (exact) mass is 377 g/mol. The third-order valence-corrected chi connectivity index (χ3v) is 5.35. The molecule has 1 saturated carbocycles. The number of nitrogens with one attached hydrogen (secondary N) is 1. The number of rotatable bonds is 3. The van der Waals surface area contributed by atoms with Crippen molar-refractivity contribution in [1.29, 1.82) is 0 Å². The van der Waals surface area contributed by atoms with Crippen LogP contribution in [0.1, 0.15) is 69.8 Å². The number of carbonyl (C=O) groups is 2. The summed E-state index contributed by atoms with van der Waals surface area (Å²) in [6, 6.07) is 3.21. The molecule has 27 heavy (non-hydrogen) atoms. The Morgan fingerprint density at radius 2 is 1.78 bits per heavy atom. The number of carbonyl (C=O) groups excluding carboxylic acids is 2. The van der Waals surface area contributed by atoms with Crippen LogP contribution in [0, 0.1) is 11.6 Å². The number of allylic oxidation sites excluding steroid dienone is 1. The van der Waals surface area contributed by atoms with E-state index in [0.717, 1.165) is 50.7 Å². The van der Waals surface area contributed by atoms with E-state index in [0.29, 0.717) is 5.70 Å². The van der Waals surface area contributed by atoms with Gasteiger partial charge in [-0.15, -0.1) is 0 Å². The van der Waals surface area contributed by atoms with Crippen molar-refractivity contribution in [2.75, 3.05) is 0 Å². The number of ether oxygens (including phenoxy) is 1. The molecule has 1 atom stereocenters. The second-order valence-electron chi connectivity index (χ2n) is 7.38. The maximum Gasteiger partial charge on any atom is 0.336 e. The van der Waals surface area contributed by atoms with E-state index < -0.39 is 23.5 Å². The molecule has 1 N–H and O–H groups in total. The Hall–Kier alpha value is -2.24. The molecule has 1 amide bonds. The van der Waals surface area contributed by atoms with Crippen molar-refractivity contribution in [3.63, 3.8) is 0 Å². The van der Waals surface area contributed by atoms with Gasteiger partial charge in [-0.2, -0.15) is 0 Å². The van der Waals surface area contributed by atoms with Gasteiger partial charge < -0.3 is 10.1 Å². The zero-order chi connectivity index (χ0) is 19.4. The van der Waals surface area contributed by atoms with Crippen molar-refractivity contribution < 1.29 is 23.1 Å². The maximum absolute atomic E-state index is 14.3. The first kappa shape index (κ1) is 19.5. The summed E-state index contributed by atoms with van der Waals surface area (Å²) in [5, 5.41) is 2.64. The highest BCUT2D eigenvalue weighted by atomic mass is 19.1. The molecule has 1 heterocycles. The molecule has 0 unspecified atom stereocenters. The van der Waals surface area contributed by atoms with Crippen LogP contribution in [0.2, 0.25) is 0 Å². The van der Waals surface area contributed by atoms with Crippen LogP contribution in [-0.4, -0.2) is 18.0 Å². The van der Waals surface area contributed by atoms with Crippen molar-refractivity contribution >= 4 is 11.9 Å². The Labute approximate surface area is 158 Å². The fraction of sp³-hybridized carbons (Fsp3) is 0.524. The van der Waals surface area contributed by atoms with Gasteiger partial charge in [-0.05, 0) is 44.2 Å². The average molecular weight is 377 g/mol. The van der Waals surface area contributed by atoms with Gasteiger partial charge in [0.25, 0.3) is 0 Å². The molecule has 4 nitrogen and oxygen atoms in total. The average Bonchev–Trinajstić information content (AvgIpc) is 2.56. The summed E-state index contributed by atoms with van der Waals surface area (Å²) in [6.07, 6.45) is 6.92. The molecule has 2 aliphatic rings. The third kappa shape index (κ3) is 4.73. The van der Waals surface area contributed by atoms with Crippen molar-refractivity contribution in [3.8, 4) is 0 Å². The Bertz CT molecular complexity index is 752. The van der Waals surface area contributed by atoms with E-state index in [4.69, 9.17) is 4.74 Å². The van der Waals surface area contributed by atoms with Gasteiger partial charge in [-0.3, -0.25) is 4.79 Å².